The van der Waals surface area contributed by atoms with E-state index in [-0.39, 0.29) is 23.4 Å². The number of amides is 1. The average molecular weight is 510 g/mol. The molecule has 0 atom stereocenters. The zero-order valence-corrected chi connectivity index (χ0v) is 20.9. The van der Waals surface area contributed by atoms with E-state index in [1.807, 2.05) is 31.2 Å². The Balaban J connectivity index is 1.39. The van der Waals surface area contributed by atoms with Gasteiger partial charge in [0.1, 0.15) is 22.2 Å². The van der Waals surface area contributed by atoms with Gasteiger partial charge in [0.2, 0.25) is 5.95 Å². The van der Waals surface area contributed by atoms with Crippen LogP contribution in [0.4, 0.5) is 11.6 Å². The largest absolute Gasteiger partial charge is 0.486 e. The Kier molecular flexibility index (Phi) is 7.08. The minimum atomic E-state index is -3.87. The Labute approximate surface area is 207 Å². The minimum absolute atomic E-state index is 0.00906. The molecule has 2 N–H and O–H groups in total. The Morgan fingerprint density at radius 3 is 2.37 bits per heavy atom. The Morgan fingerprint density at radius 1 is 0.971 bits per heavy atom. The fourth-order valence-corrected chi connectivity index (χ4v) is 4.91. The molecule has 4 rings (SSSR count). The first-order valence-corrected chi connectivity index (χ1v) is 12.9. The van der Waals surface area contributed by atoms with Crippen LogP contribution in [0.15, 0.2) is 65.7 Å². The Hall–Kier alpha value is -3.83. The standard InChI is InChI=1S/C24H23N5O4S2/c1-15-4-8-19(9-5-15)33-14-21-27-17(3)22(34-21)23(30)28-18-6-10-20(11-7-18)35(31,32)29-24-25-13-12-16(2)26-24/h4-13H,14H2,1-3H3,(H,28,30)(H,25,26,29). The molecule has 4 aromatic rings. The molecule has 0 aliphatic carbocycles. The number of aryl methyl sites for hydroxylation is 3. The molecule has 0 saturated heterocycles. The molecule has 35 heavy (non-hydrogen) atoms. The number of sulfonamides is 1. The second-order valence-electron chi connectivity index (χ2n) is 7.73. The minimum Gasteiger partial charge on any atom is -0.486 e. The maximum absolute atomic E-state index is 12.8. The van der Waals surface area contributed by atoms with Crippen molar-refractivity contribution in [3.8, 4) is 5.75 Å². The number of nitrogens with zero attached hydrogens (tertiary/aromatic N) is 3. The SMILES string of the molecule is Cc1ccc(OCc2nc(C)c(C(=O)Nc3ccc(S(=O)(=O)Nc4nccc(C)n4)cc3)s2)cc1. The number of rotatable bonds is 8. The molecule has 2 aromatic carbocycles. The molecule has 9 nitrogen and oxygen atoms in total. The lowest BCUT2D eigenvalue weighted by molar-refractivity contribution is 0.103. The van der Waals surface area contributed by atoms with Crippen LogP contribution in [-0.2, 0) is 16.6 Å². The van der Waals surface area contributed by atoms with Gasteiger partial charge in [0.15, 0.2) is 0 Å². The highest BCUT2D eigenvalue weighted by Crippen LogP contribution is 2.23. The molecule has 0 bridgehead atoms. The van der Waals surface area contributed by atoms with Crippen molar-refractivity contribution in [2.75, 3.05) is 10.0 Å². The molecule has 2 heterocycles. The highest BCUT2D eigenvalue weighted by atomic mass is 32.2. The van der Waals surface area contributed by atoms with Crippen molar-refractivity contribution in [3.05, 3.63) is 87.6 Å². The van der Waals surface area contributed by atoms with Crippen LogP contribution >= 0.6 is 11.3 Å². The second kappa shape index (κ2) is 10.2. The van der Waals surface area contributed by atoms with Gasteiger partial charge in [0, 0.05) is 17.6 Å². The molecule has 0 saturated carbocycles. The number of carbonyl (C=O) groups excluding carboxylic acids is 1. The van der Waals surface area contributed by atoms with E-state index in [0.717, 1.165) is 11.3 Å². The van der Waals surface area contributed by atoms with Crippen molar-refractivity contribution in [2.45, 2.75) is 32.3 Å². The molecule has 11 heteroatoms. The van der Waals surface area contributed by atoms with Crippen molar-refractivity contribution >= 4 is 38.9 Å². The number of ether oxygens (including phenoxy) is 1. The third-order valence-electron chi connectivity index (χ3n) is 4.87. The molecule has 1 amide bonds. The molecular formula is C24H23N5O4S2. The average Bonchev–Trinajstić information content (AvgIpc) is 3.19. The van der Waals surface area contributed by atoms with Gasteiger partial charge < -0.3 is 10.1 Å². The number of anilines is 2. The molecular weight excluding hydrogens is 486 g/mol. The summed E-state index contributed by atoms with van der Waals surface area (Å²) in [4.78, 5) is 25.7. The number of nitrogens with one attached hydrogen (secondary N) is 2. The van der Waals surface area contributed by atoms with E-state index in [0.29, 0.717) is 27.0 Å². The van der Waals surface area contributed by atoms with Gasteiger partial charge in [0.25, 0.3) is 15.9 Å². The lowest BCUT2D eigenvalue weighted by Crippen LogP contribution is -2.15. The zero-order valence-electron chi connectivity index (χ0n) is 19.3. The predicted molar refractivity (Wildman–Crippen MR) is 134 cm³/mol. The molecule has 0 unspecified atom stereocenters. The van der Waals surface area contributed by atoms with E-state index in [1.54, 1.807) is 19.9 Å². The van der Waals surface area contributed by atoms with Crippen LogP contribution < -0.4 is 14.8 Å². The van der Waals surface area contributed by atoms with E-state index in [9.17, 15) is 13.2 Å². The van der Waals surface area contributed by atoms with E-state index in [4.69, 9.17) is 4.74 Å². The zero-order chi connectivity index (χ0) is 25.0. The van der Waals surface area contributed by atoms with Crippen LogP contribution in [0.2, 0.25) is 0 Å². The van der Waals surface area contributed by atoms with Crippen LogP contribution in [0.3, 0.4) is 0 Å². The number of thiazole rings is 1. The first-order valence-electron chi connectivity index (χ1n) is 10.6. The van der Waals surface area contributed by atoms with E-state index < -0.39 is 10.0 Å². The highest BCUT2D eigenvalue weighted by Gasteiger charge is 2.18. The predicted octanol–water partition coefficient (Wildman–Crippen LogP) is 4.49. The quantitative estimate of drug-likeness (QED) is 0.359. The van der Waals surface area contributed by atoms with Crippen LogP contribution in [-0.4, -0.2) is 29.3 Å². The van der Waals surface area contributed by atoms with Gasteiger partial charge in [-0.25, -0.2) is 28.1 Å². The fraction of sp³-hybridized carbons (Fsp3) is 0.167. The second-order valence-corrected chi connectivity index (χ2v) is 10.5. The van der Waals surface area contributed by atoms with Crippen LogP contribution in [0.5, 0.6) is 5.75 Å². The van der Waals surface area contributed by atoms with Crippen LogP contribution in [0.25, 0.3) is 0 Å². The molecule has 2 aromatic heterocycles. The van der Waals surface area contributed by atoms with Crippen molar-refractivity contribution in [1.82, 2.24) is 15.0 Å². The number of hydrogen-bond donors (Lipinski definition) is 2. The summed E-state index contributed by atoms with van der Waals surface area (Å²) >= 11 is 1.25. The number of hydrogen-bond acceptors (Lipinski definition) is 8. The van der Waals surface area contributed by atoms with Crippen molar-refractivity contribution in [3.63, 3.8) is 0 Å². The van der Waals surface area contributed by atoms with Gasteiger partial charge in [-0.2, -0.15) is 0 Å². The van der Waals surface area contributed by atoms with Gasteiger partial charge in [-0.05, 0) is 63.2 Å². The Morgan fingerprint density at radius 2 is 1.69 bits per heavy atom. The fourth-order valence-electron chi connectivity index (χ4n) is 3.09. The maximum atomic E-state index is 12.8. The van der Waals surface area contributed by atoms with Gasteiger partial charge in [0.05, 0.1) is 10.6 Å². The van der Waals surface area contributed by atoms with Gasteiger partial charge in [-0.1, -0.05) is 17.7 Å². The van der Waals surface area contributed by atoms with Crippen LogP contribution in [0.1, 0.15) is 31.6 Å². The summed E-state index contributed by atoms with van der Waals surface area (Å²) in [5.74, 6) is 0.390. The summed E-state index contributed by atoms with van der Waals surface area (Å²) < 4.78 is 33.3. The van der Waals surface area contributed by atoms with Crippen LogP contribution in [0, 0.1) is 20.8 Å². The summed E-state index contributed by atoms with van der Waals surface area (Å²) in [5.41, 5.74) is 2.82. The lowest BCUT2D eigenvalue weighted by atomic mass is 10.2. The highest BCUT2D eigenvalue weighted by molar-refractivity contribution is 7.92. The Bertz CT molecular complexity index is 1450. The number of aromatic nitrogens is 3. The summed E-state index contributed by atoms with van der Waals surface area (Å²) in [5, 5.41) is 3.46. The topological polar surface area (TPSA) is 123 Å². The summed E-state index contributed by atoms with van der Waals surface area (Å²) in [6.45, 7) is 5.76. The number of benzene rings is 2. The first kappa shape index (κ1) is 24.3. The van der Waals surface area contributed by atoms with E-state index in [2.05, 4.69) is 25.0 Å². The van der Waals surface area contributed by atoms with E-state index >= 15 is 0 Å². The van der Waals surface area contributed by atoms with Crippen molar-refractivity contribution < 1.29 is 17.9 Å². The van der Waals surface area contributed by atoms with Crippen molar-refractivity contribution in [1.29, 1.82) is 0 Å². The normalized spacial score (nSPS) is 11.2. The van der Waals surface area contributed by atoms with Crippen molar-refractivity contribution in [2.24, 2.45) is 0 Å². The van der Waals surface area contributed by atoms with Gasteiger partial charge in [-0.15, -0.1) is 11.3 Å². The third-order valence-corrected chi connectivity index (χ3v) is 7.35. The smallest absolute Gasteiger partial charge is 0.267 e. The van der Waals surface area contributed by atoms with Gasteiger partial charge >= 0.3 is 0 Å². The monoisotopic (exact) mass is 509 g/mol. The summed E-state index contributed by atoms with van der Waals surface area (Å²) in [6.07, 6.45) is 1.47. The molecule has 0 spiro atoms. The number of carbonyl (C=O) groups is 1. The molecule has 0 aliphatic heterocycles. The van der Waals surface area contributed by atoms with E-state index in [1.165, 1.54) is 41.8 Å². The molecule has 180 valence electrons. The molecule has 0 radical (unpaired) electrons. The maximum Gasteiger partial charge on any atom is 0.267 e. The summed E-state index contributed by atoms with van der Waals surface area (Å²) in [7, 11) is -3.87. The lowest BCUT2D eigenvalue weighted by Gasteiger charge is -2.08. The molecule has 0 aliphatic rings. The first-order chi connectivity index (χ1) is 16.7. The van der Waals surface area contributed by atoms with Gasteiger partial charge in [-0.3, -0.25) is 4.79 Å². The molecule has 0 fully saturated rings. The third kappa shape index (κ3) is 6.19. The summed E-state index contributed by atoms with van der Waals surface area (Å²) in [6, 6.07) is 15.2.